The first kappa shape index (κ1) is 14.0. The first-order valence-electron chi connectivity index (χ1n) is 6.17. The molecule has 0 spiro atoms. The average molecular weight is 276 g/mol. The van der Waals surface area contributed by atoms with Gasteiger partial charge in [-0.3, -0.25) is 4.57 Å². The first-order chi connectivity index (χ1) is 9.52. The minimum atomic E-state index is -0.550. The van der Waals surface area contributed by atoms with E-state index in [4.69, 9.17) is 10.5 Å². The van der Waals surface area contributed by atoms with Gasteiger partial charge in [0.1, 0.15) is 5.75 Å². The lowest BCUT2D eigenvalue weighted by Gasteiger charge is -2.06. The second-order valence-electron chi connectivity index (χ2n) is 4.39. The van der Waals surface area contributed by atoms with Crippen LogP contribution in [0.1, 0.15) is 11.4 Å². The van der Waals surface area contributed by atoms with Gasteiger partial charge in [-0.2, -0.15) is 0 Å². The molecule has 1 aromatic heterocycles. The van der Waals surface area contributed by atoms with Gasteiger partial charge in [-0.05, 0) is 40.6 Å². The summed E-state index contributed by atoms with van der Waals surface area (Å²) in [5, 5.41) is 11.0. The number of rotatable bonds is 5. The Morgan fingerprint density at radius 1 is 1.40 bits per heavy atom. The predicted octanol–water partition coefficient (Wildman–Crippen LogP) is 1.93. The van der Waals surface area contributed by atoms with E-state index >= 15 is 0 Å². The fourth-order valence-electron chi connectivity index (χ4n) is 1.81. The van der Waals surface area contributed by atoms with Crippen LogP contribution in [0.3, 0.4) is 0 Å². The number of nitrogens with zero attached hydrogens (tertiary/aromatic N) is 3. The van der Waals surface area contributed by atoms with E-state index < -0.39 is 4.92 Å². The summed E-state index contributed by atoms with van der Waals surface area (Å²) in [5.41, 5.74) is 6.57. The van der Waals surface area contributed by atoms with E-state index in [1.54, 1.807) is 30.7 Å². The maximum atomic E-state index is 11.0. The average Bonchev–Trinajstić information content (AvgIpc) is 2.70. The van der Waals surface area contributed by atoms with Crippen LogP contribution in [0.2, 0.25) is 0 Å². The van der Waals surface area contributed by atoms with Crippen LogP contribution >= 0.6 is 0 Å². The zero-order valence-electron chi connectivity index (χ0n) is 11.4. The van der Waals surface area contributed by atoms with Gasteiger partial charge in [-0.25, -0.2) is 0 Å². The van der Waals surface area contributed by atoms with Crippen LogP contribution < -0.4 is 10.5 Å². The smallest absolute Gasteiger partial charge is 0.427 e. The number of aromatic nitrogens is 2. The molecule has 0 radical (unpaired) electrons. The van der Waals surface area contributed by atoms with E-state index in [2.05, 4.69) is 4.98 Å². The fourth-order valence-corrected chi connectivity index (χ4v) is 1.81. The molecule has 0 saturated heterocycles. The van der Waals surface area contributed by atoms with E-state index in [-0.39, 0.29) is 11.7 Å². The molecule has 0 aliphatic rings. The second-order valence-corrected chi connectivity index (χ2v) is 4.39. The Hall–Kier alpha value is -2.41. The number of hydrogen-bond donors (Lipinski definition) is 1. The minimum absolute atomic E-state index is 0.124. The summed E-state index contributed by atoms with van der Waals surface area (Å²) >= 11 is 0. The van der Waals surface area contributed by atoms with Gasteiger partial charge in [-0.1, -0.05) is 12.1 Å². The van der Waals surface area contributed by atoms with Crippen molar-refractivity contribution in [2.75, 3.05) is 6.54 Å². The topological polar surface area (TPSA) is 96.2 Å². The molecule has 0 bridgehead atoms. The van der Waals surface area contributed by atoms with Crippen LogP contribution in [-0.4, -0.2) is 21.0 Å². The number of ether oxygens (including phenoxy) is 1. The molecule has 0 fully saturated rings. The van der Waals surface area contributed by atoms with Crippen LogP contribution in [0.4, 0.5) is 5.82 Å². The van der Waals surface area contributed by atoms with Crippen molar-refractivity contribution in [3.63, 3.8) is 0 Å². The van der Waals surface area contributed by atoms with Gasteiger partial charge >= 0.3 is 11.7 Å². The molecule has 1 heterocycles. The quantitative estimate of drug-likeness (QED) is 0.665. The molecule has 0 amide bonds. The summed E-state index contributed by atoms with van der Waals surface area (Å²) < 4.78 is 7.13. The van der Waals surface area contributed by atoms with Crippen molar-refractivity contribution in [3.8, 4) is 11.6 Å². The van der Waals surface area contributed by atoms with Gasteiger partial charge in [-0.15, -0.1) is 0 Å². The zero-order valence-corrected chi connectivity index (χ0v) is 11.4. The third kappa shape index (κ3) is 2.77. The summed E-state index contributed by atoms with van der Waals surface area (Å²) in [7, 11) is 1.67. The highest BCUT2D eigenvalue weighted by Gasteiger charge is 2.25. The Morgan fingerprint density at radius 2 is 2.05 bits per heavy atom. The van der Waals surface area contributed by atoms with Crippen LogP contribution in [0.15, 0.2) is 24.3 Å². The summed E-state index contributed by atoms with van der Waals surface area (Å²) in [4.78, 5) is 14.3. The number of aryl methyl sites for hydroxylation is 1. The number of nitro groups is 1. The van der Waals surface area contributed by atoms with E-state index in [0.29, 0.717) is 18.1 Å². The monoisotopic (exact) mass is 276 g/mol. The minimum Gasteiger partial charge on any atom is -0.434 e. The summed E-state index contributed by atoms with van der Waals surface area (Å²) in [6.07, 6.45) is 0.783. The third-order valence-electron chi connectivity index (χ3n) is 2.99. The zero-order chi connectivity index (χ0) is 14.7. The second kappa shape index (κ2) is 5.70. The first-order valence-corrected chi connectivity index (χ1v) is 6.17. The molecule has 2 rings (SSSR count). The molecule has 2 aromatic rings. The lowest BCUT2D eigenvalue weighted by molar-refractivity contribution is -0.390. The van der Waals surface area contributed by atoms with Gasteiger partial charge in [0, 0.05) is 14.0 Å². The summed E-state index contributed by atoms with van der Waals surface area (Å²) in [6, 6.07) is 7.29. The van der Waals surface area contributed by atoms with Crippen LogP contribution in [-0.2, 0) is 13.5 Å². The van der Waals surface area contributed by atoms with Crippen LogP contribution in [0.5, 0.6) is 11.6 Å². The normalized spacial score (nSPS) is 10.6. The Kier molecular flexibility index (Phi) is 3.99. The molecule has 0 atom stereocenters. The standard InChI is InChI=1S/C13H16N4O3/c1-9-15-12(17(18)19)13(16(9)2)20-11-5-3-10(4-6-11)7-8-14/h3-6H,7-8,14H2,1-2H3. The van der Waals surface area contributed by atoms with Gasteiger partial charge in [0.2, 0.25) is 5.82 Å². The van der Waals surface area contributed by atoms with E-state index in [1.807, 2.05) is 12.1 Å². The Morgan fingerprint density at radius 3 is 2.60 bits per heavy atom. The maximum Gasteiger partial charge on any atom is 0.427 e. The molecule has 0 aliphatic carbocycles. The summed E-state index contributed by atoms with van der Waals surface area (Å²) in [6.45, 7) is 2.26. The van der Waals surface area contributed by atoms with Gasteiger partial charge in [0.25, 0.3) is 0 Å². The number of nitrogens with two attached hydrogens (primary N) is 1. The molecule has 7 heteroatoms. The van der Waals surface area contributed by atoms with Crippen molar-refractivity contribution in [3.05, 3.63) is 45.8 Å². The Balaban J connectivity index is 2.27. The Labute approximate surface area is 116 Å². The van der Waals surface area contributed by atoms with Gasteiger partial charge in [0.15, 0.2) is 0 Å². The molecular formula is C13H16N4O3. The predicted molar refractivity (Wildman–Crippen MR) is 73.9 cm³/mol. The van der Waals surface area contributed by atoms with E-state index in [9.17, 15) is 10.1 Å². The maximum absolute atomic E-state index is 11.0. The van der Waals surface area contributed by atoms with Crippen molar-refractivity contribution >= 4 is 5.82 Å². The fraction of sp³-hybridized carbons (Fsp3) is 0.308. The SMILES string of the molecule is Cc1nc([N+](=O)[O-])c(Oc2ccc(CCN)cc2)n1C. The molecule has 0 unspecified atom stereocenters. The molecule has 1 aromatic carbocycles. The summed E-state index contributed by atoms with van der Waals surface area (Å²) in [5.74, 6) is 0.887. The van der Waals surface area contributed by atoms with Gasteiger partial charge in [0.05, 0.1) is 0 Å². The van der Waals surface area contributed by atoms with Crippen molar-refractivity contribution in [2.45, 2.75) is 13.3 Å². The lowest BCUT2D eigenvalue weighted by Crippen LogP contribution is -2.02. The van der Waals surface area contributed by atoms with E-state index in [0.717, 1.165) is 12.0 Å². The highest BCUT2D eigenvalue weighted by atomic mass is 16.6. The molecule has 0 saturated carbocycles. The van der Waals surface area contributed by atoms with Crippen molar-refractivity contribution in [2.24, 2.45) is 12.8 Å². The molecular weight excluding hydrogens is 260 g/mol. The highest BCUT2D eigenvalue weighted by molar-refractivity contribution is 5.40. The number of imidazole rings is 1. The number of benzene rings is 1. The molecule has 7 nitrogen and oxygen atoms in total. The van der Waals surface area contributed by atoms with E-state index in [1.165, 1.54) is 0 Å². The van der Waals surface area contributed by atoms with Crippen LogP contribution in [0, 0.1) is 17.0 Å². The van der Waals surface area contributed by atoms with Crippen LogP contribution in [0.25, 0.3) is 0 Å². The highest BCUT2D eigenvalue weighted by Crippen LogP contribution is 2.31. The molecule has 106 valence electrons. The Bertz CT molecular complexity index is 619. The van der Waals surface area contributed by atoms with Gasteiger partial charge < -0.3 is 20.6 Å². The molecule has 2 N–H and O–H groups in total. The molecule has 20 heavy (non-hydrogen) atoms. The van der Waals surface area contributed by atoms with Crippen molar-refractivity contribution in [1.82, 2.24) is 9.55 Å². The number of hydrogen-bond acceptors (Lipinski definition) is 5. The van der Waals surface area contributed by atoms with Crippen molar-refractivity contribution < 1.29 is 9.66 Å². The lowest BCUT2D eigenvalue weighted by atomic mass is 10.1. The molecule has 0 aliphatic heterocycles. The van der Waals surface area contributed by atoms with Crippen molar-refractivity contribution in [1.29, 1.82) is 0 Å². The largest absolute Gasteiger partial charge is 0.434 e. The third-order valence-corrected chi connectivity index (χ3v) is 2.99.